The van der Waals surface area contributed by atoms with Gasteiger partial charge in [-0.1, -0.05) is 29.8 Å². The van der Waals surface area contributed by atoms with Crippen molar-refractivity contribution in [2.24, 2.45) is 0 Å². The number of carbonyl (C=O) groups excluding carboxylic acids is 1. The van der Waals surface area contributed by atoms with Crippen molar-refractivity contribution in [1.82, 2.24) is 9.88 Å². The van der Waals surface area contributed by atoms with E-state index in [1.807, 2.05) is 12.1 Å². The lowest BCUT2D eigenvalue weighted by Gasteiger charge is -2.16. The van der Waals surface area contributed by atoms with Crippen LogP contribution < -0.4 is 0 Å². The summed E-state index contributed by atoms with van der Waals surface area (Å²) in [5, 5.41) is 20.0. The number of aliphatic hydroxyl groups is 2. The number of carbonyl (C=O) groups is 1. The van der Waals surface area contributed by atoms with Crippen molar-refractivity contribution in [2.75, 3.05) is 13.1 Å². The summed E-state index contributed by atoms with van der Waals surface area (Å²) in [6.45, 7) is 0.239. The molecule has 2 atom stereocenters. The van der Waals surface area contributed by atoms with Crippen molar-refractivity contribution in [3.8, 4) is 0 Å². The third-order valence-corrected chi connectivity index (χ3v) is 3.66. The Hall–Kier alpha value is -1.69. The van der Waals surface area contributed by atoms with E-state index in [1.54, 1.807) is 12.1 Å². The van der Waals surface area contributed by atoms with Gasteiger partial charge < -0.3 is 15.1 Å². The zero-order valence-electron chi connectivity index (χ0n) is 10.5. The van der Waals surface area contributed by atoms with E-state index >= 15 is 0 Å². The first-order valence-electron chi connectivity index (χ1n) is 6.27. The van der Waals surface area contributed by atoms with Crippen LogP contribution in [-0.2, 0) is 0 Å². The molecule has 0 aliphatic carbocycles. The number of likely N-dealkylation sites (tertiary alicyclic amines) is 1. The number of rotatable bonds is 1. The van der Waals surface area contributed by atoms with Gasteiger partial charge in [-0.15, -0.1) is 0 Å². The number of pyridine rings is 1. The van der Waals surface area contributed by atoms with Crippen molar-refractivity contribution in [3.63, 3.8) is 0 Å². The highest BCUT2D eigenvalue weighted by Gasteiger charge is 2.33. The molecule has 3 rings (SSSR count). The van der Waals surface area contributed by atoms with Gasteiger partial charge in [0.2, 0.25) is 0 Å². The number of aliphatic hydroxyl groups excluding tert-OH is 2. The lowest BCUT2D eigenvalue weighted by atomic mass is 10.1. The molecule has 1 aliphatic heterocycles. The van der Waals surface area contributed by atoms with Gasteiger partial charge in [0.05, 0.1) is 23.3 Å². The molecule has 0 radical (unpaired) electrons. The normalized spacial score (nSPS) is 22.4. The van der Waals surface area contributed by atoms with E-state index in [0.717, 1.165) is 0 Å². The monoisotopic (exact) mass is 292 g/mol. The zero-order valence-corrected chi connectivity index (χ0v) is 11.3. The first-order chi connectivity index (χ1) is 9.56. The molecule has 0 bridgehead atoms. The molecule has 0 unspecified atom stereocenters. The average Bonchev–Trinajstić information content (AvgIpc) is 2.77. The van der Waals surface area contributed by atoms with Crippen LogP contribution in [0.2, 0.25) is 5.15 Å². The Morgan fingerprint density at radius 3 is 2.60 bits per heavy atom. The number of hydrogen-bond acceptors (Lipinski definition) is 4. The van der Waals surface area contributed by atoms with Crippen LogP contribution in [0.1, 0.15) is 10.4 Å². The van der Waals surface area contributed by atoms with Gasteiger partial charge in [-0.05, 0) is 12.1 Å². The van der Waals surface area contributed by atoms with E-state index in [4.69, 9.17) is 11.6 Å². The molecule has 1 aromatic heterocycles. The minimum atomic E-state index is -0.900. The van der Waals surface area contributed by atoms with Crippen LogP contribution in [-0.4, -0.2) is 51.3 Å². The fourth-order valence-electron chi connectivity index (χ4n) is 2.43. The Balaban J connectivity index is 2.04. The minimum Gasteiger partial charge on any atom is -0.388 e. The largest absolute Gasteiger partial charge is 0.388 e. The Morgan fingerprint density at radius 2 is 1.90 bits per heavy atom. The van der Waals surface area contributed by atoms with Gasteiger partial charge in [0.1, 0.15) is 5.15 Å². The SMILES string of the molecule is O=C(c1cc(Cl)nc2ccccc12)N1C[C@@H](O)[C@@H](O)C1. The Kier molecular flexibility index (Phi) is 3.33. The summed E-state index contributed by atoms with van der Waals surface area (Å²) in [4.78, 5) is 18.1. The number of β-amino-alcohol motifs (C(OH)–C–C–N with tert-alkyl or cyclic N) is 2. The van der Waals surface area contributed by atoms with Crippen LogP contribution in [0.3, 0.4) is 0 Å². The first kappa shape index (κ1) is 13.3. The summed E-state index contributed by atoms with van der Waals surface area (Å²) in [7, 11) is 0. The van der Waals surface area contributed by atoms with Crippen LogP contribution in [0, 0.1) is 0 Å². The molecule has 104 valence electrons. The number of amides is 1. The number of fused-ring (bicyclic) bond motifs is 1. The molecule has 5 nitrogen and oxygen atoms in total. The van der Waals surface area contributed by atoms with E-state index in [1.165, 1.54) is 11.0 Å². The van der Waals surface area contributed by atoms with Crippen LogP contribution in [0.15, 0.2) is 30.3 Å². The molecule has 0 saturated carbocycles. The standard InChI is InChI=1S/C14H13ClN2O3/c15-13-5-9(8-3-1-2-4-10(8)16-13)14(20)17-6-11(18)12(19)7-17/h1-5,11-12,18-19H,6-7H2/t11-,12+. The Labute approximate surface area is 120 Å². The predicted molar refractivity (Wildman–Crippen MR) is 74.7 cm³/mol. The van der Waals surface area contributed by atoms with Gasteiger partial charge in [0, 0.05) is 18.5 Å². The third kappa shape index (κ3) is 2.24. The summed E-state index contributed by atoms with van der Waals surface area (Å²) < 4.78 is 0. The number of benzene rings is 1. The molecule has 1 aliphatic rings. The minimum absolute atomic E-state index is 0.119. The molecule has 0 spiro atoms. The van der Waals surface area contributed by atoms with Gasteiger partial charge in [0.25, 0.3) is 5.91 Å². The highest BCUT2D eigenvalue weighted by molar-refractivity contribution is 6.30. The fraction of sp³-hybridized carbons (Fsp3) is 0.286. The highest BCUT2D eigenvalue weighted by Crippen LogP contribution is 2.23. The van der Waals surface area contributed by atoms with Gasteiger partial charge in [0.15, 0.2) is 0 Å². The molecule has 1 saturated heterocycles. The van der Waals surface area contributed by atoms with E-state index in [-0.39, 0.29) is 24.1 Å². The molecule has 2 heterocycles. The number of halogens is 1. The summed E-state index contributed by atoms with van der Waals surface area (Å²) in [5.74, 6) is -0.263. The van der Waals surface area contributed by atoms with Crippen LogP contribution >= 0.6 is 11.6 Å². The Bertz CT molecular complexity index is 667. The summed E-state index contributed by atoms with van der Waals surface area (Å²) in [6.07, 6.45) is -1.80. The number of para-hydroxylation sites is 1. The second kappa shape index (κ2) is 5.01. The summed E-state index contributed by atoms with van der Waals surface area (Å²) in [5.41, 5.74) is 1.07. The molecular weight excluding hydrogens is 280 g/mol. The molecule has 6 heteroatoms. The maximum atomic E-state index is 12.5. The van der Waals surface area contributed by atoms with Gasteiger partial charge >= 0.3 is 0 Å². The van der Waals surface area contributed by atoms with Crippen molar-refractivity contribution >= 4 is 28.4 Å². The third-order valence-electron chi connectivity index (χ3n) is 3.46. The smallest absolute Gasteiger partial charge is 0.254 e. The zero-order chi connectivity index (χ0) is 14.3. The maximum Gasteiger partial charge on any atom is 0.254 e. The lowest BCUT2D eigenvalue weighted by molar-refractivity contribution is 0.0572. The van der Waals surface area contributed by atoms with Gasteiger partial charge in [-0.2, -0.15) is 0 Å². The van der Waals surface area contributed by atoms with Crippen LogP contribution in [0.5, 0.6) is 0 Å². The average molecular weight is 293 g/mol. The molecule has 1 aromatic carbocycles. The fourth-order valence-corrected chi connectivity index (χ4v) is 2.63. The Morgan fingerprint density at radius 1 is 1.25 bits per heavy atom. The second-order valence-electron chi connectivity index (χ2n) is 4.85. The van der Waals surface area contributed by atoms with Crippen molar-refractivity contribution in [3.05, 3.63) is 41.0 Å². The van der Waals surface area contributed by atoms with Crippen molar-refractivity contribution in [1.29, 1.82) is 0 Å². The topological polar surface area (TPSA) is 73.7 Å². The molecule has 1 amide bonds. The maximum absolute atomic E-state index is 12.5. The van der Waals surface area contributed by atoms with Crippen LogP contribution in [0.4, 0.5) is 0 Å². The molecule has 20 heavy (non-hydrogen) atoms. The van der Waals surface area contributed by atoms with E-state index in [9.17, 15) is 15.0 Å². The number of aromatic nitrogens is 1. The molecule has 1 fully saturated rings. The van der Waals surface area contributed by atoms with E-state index in [0.29, 0.717) is 16.5 Å². The lowest BCUT2D eigenvalue weighted by Crippen LogP contribution is -2.30. The predicted octanol–water partition coefficient (Wildman–Crippen LogP) is 1.07. The second-order valence-corrected chi connectivity index (χ2v) is 5.24. The number of nitrogens with zero attached hydrogens (tertiary/aromatic N) is 2. The molecular formula is C14H13ClN2O3. The highest BCUT2D eigenvalue weighted by atomic mass is 35.5. The summed E-state index contributed by atoms with van der Waals surface area (Å²) in [6, 6.07) is 8.75. The first-order valence-corrected chi connectivity index (χ1v) is 6.65. The molecule has 2 N–H and O–H groups in total. The van der Waals surface area contributed by atoms with Crippen LogP contribution in [0.25, 0.3) is 10.9 Å². The van der Waals surface area contributed by atoms with Crippen molar-refractivity contribution in [2.45, 2.75) is 12.2 Å². The van der Waals surface area contributed by atoms with Gasteiger partial charge in [-0.25, -0.2) is 4.98 Å². The summed E-state index contributed by atoms with van der Waals surface area (Å²) >= 11 is 5.95. The quantitative estimate of drug-likeness (QED) is 0.771. The van der Waals surface area contributed by atoms with Crippen molar-refractivity contribution < 1.29 is 15.0 Å². The van der Waals surface area contributed by atoms with E-state index < -0.39 is 12.2 Å². The molecule has 2 aromatic rings. The van der Waals surface area contributed by atoms with Gasteiger partial charge in [-0.3, -0.25) is 4.79 Å². The van der Waals surface area contributed by atoms with E-state index in [2.05, 4.69) is 4.98 Å². The number of hydrogen-bond donors (Lipinski definition) is 2.